The number of hydrogen-bond donors (Lipinski definition) is 0. The Morgan fingerprint density at radius 1 is 1.05 bits per heavy atom. The van der Waals surface area contributed by atoms with Crippen LogP contribution in [0.5, 0.6) is 0 Å². The van der Waals surface area contributed by atoms with E-state index in [4.69, 9.17) is 0 Å². The van der Waals surface area contributed by atoms with Crippen LogP contribution in [0.1, 0.15) is 19.8 Å². The molecule has 0 bridgehead atoms. The molecule has 0 aromatic carbocycles. The van der Waals surface area contributed by atoms with Crippen LogP contribution in [0, 0.1) is 0 Å². The Balaban J connectivity index is 1.31. The third-order valence-corrected chi connectivity index (χ3v) is 58.6. The monoisotopic (exact) mass is 309 g/mol. The van der Waals surface area contributed by atoms with E-state index in [1.54, 1.807) is 0 Å². The fourth-order valence-corrected chi connectivity index (χ4v) is 91.5. The van der Waals surface area contributed by atoms with Gasteiger partial charge in [-0.1, -0.05) is 0 Å². The first-order valence-corrected chi connectivity index (χ1v) is 15.2. The Labute approximate surface area is 108 Å². The molecule has 10 aliphatic heterocycles. The van der Waals surface area contributed by atoms with E-state index in [1.807, 2.05) is 0 Å². The van der Waals surface area contributed by atoms with Crippen molar-refractivity contribution < 1.29 is 11.1 Å². The van der Waals surface area contributed by atoms with Gasteiger partial charge in [0.2, 0.25) is 0 Å². The van der Waals surface area contributed by atoms with Crippen LogP contribution in [0.15, 0.2) is 18.7 Å². The Kier molecular flexibility index (Phi) is 0.286. The van der Waals surface area contributed by atoms with Gasteiger partial charge in [-0.2, -0.15) is 0 Å². The molecule has 2 nitrogen and oxygen atoms in total. The van der Waals surface area contributed by atoms with Gasteiger partial charge in [0.1, 0.15) is 0 Å². The zero-order chi connectivity index (χ0) is 12.4. The number of unbranched alkanes of at least 4 members (excludes halogenated alkanes) is 1. The van der Waals surface area contributed by atoms with Crippen molar-refractivity contribution in [1.82, 2.24) is 4.57 Å². The molecule has 11 rings (SSSR count). The number of hydrogen-bond acceptors (Lipinski definition) is 0. The number of fused-ring (bicyclic) bond motifs is 10. The Morgan fingerprint density at radius 3 is 2.15 bits per heavy atom. The minimum atomic E-state index is -2.90. The van der Waals surface area contributed by atoms with E-state index < -0.39 is 6.51 Å². The van der Waals surface area contributed by atoms with Gasteiger partial charge in [-0.15, -0.1) is 0 Å². The average molecular weight is 309 g/mol. The second-order valence-corrected chi connectivity index (χ2v) is 35.6. The Bertz CT molecular complexity index is 1100. The van der Waals surface area contributed by atoms with Crippen molar-refractivity contribution in [2.75, 3.05) is 0 Å². The molecular weight excluding hydrogens is 288 g/mol. The SMILES string of the molecule is CCCC[n+]1ccn([C]23[CH]4[CH]5[CH]6[CH]2[Fe]56432789[CH]3[CH]2[CH]7[CH]8[CH]39)c1. The number of nitrogens with zero attached hydrogens (tertiary/aromatic N) is 2. The molecule has 0 saturated carbocycles. The number of aryl methyl sites for hydroxylation is 1. The second kappa shape index (κ2) is 0.731. The molecule has 10 saturated heterocycles. The summed E-state index contributed by atoms with van der Waals surface area (Å²) in [7, 11) is 0. The van der Waals surface area contributed by atoms with Crippen LogP contribution >= 0.6 is 0 Å². The number of imidazole rings is 1. The van der Waals surface area contributed by atoms with E-state index in [0.717, 1.165) is 4.44 Å². The Hall–Kier alpha value is -0.271. The van der Waals surface area contributed by atoms with Crippen LogP contribution < -0.4 is 4.57 Å². The first-order valence-electron chi connectivity index (χ1n) is 8.87. The van der Waals surface area contributed by atoms with Crippen molar-refractivity contribution in [3.8, 4) is 0 Å². The summed E-state index contributed by atoms with van der Waals surface area (Å²) in [5.74, 6) is 0. The first-order chi connectivity index (χ1) is 9.58. The van der Waals surface area contributed by atoms with E-state index >= 15 is 0 Å². The molecule has 1 aromatic rings. The minimum absolute atomic E-state index is 0.899. The normalized spacial score (nSPS) is 103. The molecule has 0 amide bonds. The van der Waals surface area contributed by atoms with Gasteiger partial charge in [0.25, 0.3) is 0 Å². The summed E-state index contributed by atoms with van der Waals surface area (Å²) < 4.78 is 6.29. The molecule has 0 aliphatic carbocycles. The van der Waals surface area contributed by atoms with Gasteiger partial charge in [-0.05, 0) is 0 Å². The van der Waals surface area contributed by atoms with Crippen LogP contribution in [0.25, 0.3) is 0 Å². The van der Waals surface area contributed by atoms with E-state index in [2.05, 4.69) is 34.8 Å². The van der Waals surface area contributed by atoms with Gasteiger partial charge in [-0.25, -0.2) is 0 Å². The molecule has 10 fully saturated rings. The summed E-state index contributed by atoms with van der Waals surface area (Å²) in [6.45, 7) is 0.657. The third-order valence-electron chi connectivity index (χ3n) is 16.5. The Morgan fingerprint density at radius 2 is 1.70 bits per heavy atom. The molecule has 1 aromatic heterocycles. The fraction of sp³-hybridized carbons (Fsp3) is 0.824. The summed E-state index contributed by atoms with van der Waals surface area (Å²) in [5, 5.41) is 0. The molecule has 0 radical (unpaired) electrons. The molecule has 0 N–H and O–H groups in total. The van der Waals surface area contributed by atoms with Gasteiger partial charge in [0, 0.05) is 0 Å². The van der Waals surface area contributed by atoms with E-state index in [1.165, 1.54) is 62.7 Å². The van der Waals surface area contributed by atoms with Crippen LogP contribution in [0.2, 0.25) is 43.3 Å². The van der Waals surface area contributed by atoms with Gasteiger partial charge in [-0.3, -0.25) is 0 Å². The summed E-state index contributed by atoms with van der Waals surface area (Å²) in [6.07, 6.45) is 10.2. The zero-order valence-electron chi connectivity index (χ0n) is 11.8. The number of aromatic nitrogens is 2. The van der Waals surface area contributed by atoms with Gasteiger partial charge in [0.05, 0.1) is 0 Å². The van der Waals surface area contributed by atoms with Gasteiger partial charge in [0.15, 0.2) is 0 Å². The maximum atomic E-state index is 2.88. The molecule has 106 valence electrons. The van der Waals surface area contributed by atoms with Gasteiger partial charge < -0.3 is 0 Å². The predicted octanol–water partition coefficient (Wildman–Crippen LogP) is 3.83. The second-order valence-electron chi connectivity index (χ2n) is 12.1. The standard InChI is InChI=1S/C12H16N2.C5H5.Fe/c1-2-3-8-13-9-10-14(11-13)12-6-4-5-7-12;1-2-4-5-3-1;/h4-7,9-11H,2-3,8H2,1H3;1-5H;/q+1;;. The molecular formula is C17H21FeN2+. The summed E-state index contributed by atoms with van der Waals surface area (Å²) in [5.41, 5.74) is 0. The molecule has 4 unspecified atom stereocenters. The van der Waals surface area contributed by atoms with E-state index in [0.29, 0.717) is 0 Å². The summed E-state index contributed by atoms with van der Waals surface area (Å²) in [6, 6.07) is 0. The first kappa shape index (κ1) is 7.83. The van der Waals surface area contributed by atoms with Crippen LogP contribution in [-0.2, 0) is 17.5 Å². The third kappa shape index (κ3) is 0.0924. The molecule has 20 heavy (non-hydrogen) atoms. The summed E-state index contributed by atoms with van der Waals surface area (Å²) >= 11 is 0. The fourth-order valence-electron chi connectivity index (χ4n) is 17.8. The molecule has 10 aliphatic rings. The predicted molar refractivity (Wildman–Crippen MR) is 71.3 cm³/mol. The van der Waals surface area contributed by atoms with Gasteiger partial charge >= 0.3 is 108 Å². The van der Waals surface area contributed by atoms with Crippen molar-refractivity contribution in [2.24, 2.45) is 0 Å². The van der Waals surface area contributed by atoms with Crippen LogP contribution in [-0.4, -0.2) is 4.57 Å². The van der Waals surface area contributed by atoms with Crippen molar-refractivity contribution in [3.63, 3.8) is 0 Å². The van der Waals surface area contributed by atoms with Crippen LogP contribution in [0.3, 0.4) is 0 Å². The van der Waals surface area contributed by atoms with E-state index in [9.17, 15) is 0 Å². The summed E-state index contributed by atoms with van der Waals surface area (Å²) in [4.78, 5) is 12.9. The van der Waals surface area contributed by atoms with Crippen molar-refractivity contribution in [1.29, 1.82) is 0 Å². The topological polar surface area (TPSA) is 8.81 Å². The zero-order valence-corrected chi connectivity index (χ0v) is 12.9. The molecule has 11 heterocycles. The molecule has 4 atom stereocenters. The maximum absolute atomic E-state index is 2.90. The molecule has 1 spiro atoms. The van der Waals surface area contributed by atoms with Crippen LogP contribution in [0.4, 0.5) is 0 Å². The van der Waals surface area contributed by atoms with Crippen molar-refractivity contribution in [2.45, 2.75) is 74.1 Å². The molecule has 3 heteroatoms. The quantitative estimate of drug-likeness (QED) is 0.590. The van der Waals surface area contributed by atoms with Crippen molar-refractivity contribution in [3.05, 3.63) is 18.7 Å². The van der Waals surface area contributed by atoms with Crippen molar-refractivity contribution >= 4 is 0 Å². The average Bonchev–Trinajstić information content (AvgIpc) is 3.38. The van der Waals surface area contributed by atoms with E-state index in [-0.39, 0.29) is 0 Å². The number of rotatable bonds is 4.